The summed E-state index contributed by atoms with van der Waals surface area (Å²) >= 11 is 0. The van der Waals surface area contributed by atoms with Crippen molar-refractivity contribution < 1.29 is 9.84 Å². The minimum absolute atomic E-state index is 0.00412. The van der Waals surface area contributed by atoms with E-state index in [0.29, 0.717) is 16.5 Å². The summed E-state index contributed by atoms with van der Waals surface area (Å²) in [5.74, 6) is 0.371. The highest BCUT2D eigenvalue weighted by molar-refractivity contribution is 5.93. The number of nitrogens with one attached hydrogen (secondary N) is 1. The lowest BCUT2D eigenvalue weighted by Crippen LogP contribution is -2.13. The lowest BCUT2D eigenvalue weighted by atomic mass is 10.1. The molecule has 0 atom stereocenters. The number of rotatable bonds is 1. The Morgan fingerprint density at radius 3 is 2.88 bits per heavy atom. The smallest absolute Gasteiger partial charge is 0.347 e. The molecule has 0 spiro atoms. The molecule has 1 aromatic carbocycles. The van der Waals surface area contributed by atoms with Gasteiger partial charge in [0.05, 0.1) is 12.6 Å². The number of aromatic amines is 1. The number of benzene rings is 1. The van der Waals surface area contributed by atoms with E-state index < -0.39 is 5.69 Å². The number of nitrogens with zero attached hydrogens (tertiary/aromatic N) is 1. The molecule has 2 aromatic rings. The highest BCUT2D eigenvalue weighted by Crippen LogP contribution is 2.36. The number of methoxy groups -OCH3 is 1. The van der Waals surface area contributed by atoms with Crippen LogP contribution in [-0.2, 0) is 0 Å². The van der Waals surface area contributed by atoms with Crippen LogP contribution in [0.1, 0.15) is 5.56 Å². The molecule has 0 bridgehead atoms. The van der Waals surface area contributed by atoms with Gasteiger partial charge in [0.1, 0.15) is 5.82 Å². The Kier molecular flexibility index (Phi) is 2.19. The number of nitrogens with two attached hydrogens (primary N) is 1. The summed E-state index contributed by atoms with van der Waals surface area (Å²) in [6, 6.07) is 1.51. The predicted molar refractivity (Wildman–Crippen MR) is 59.7 cm³/mol. The summed E-state index contributed by atoms with van der Waals surface area (Å²) in [5, 5.41) is 10.3. The molecule has 1 aromatic heterocycles. The van der Waals surface area contributed by atoms with Gasteiger partial charge in [0, 0.05) is 17.0 Å². The molecular formula is C10H11N3O3. The van der Waals surface area contributed by atoms with Gasteiger partial charge in [-0.1, -0.05) is 0 Å². The quantitative estimate of drug-likeness (QED) is 0.652. The summed E-state index contributed by atoms with van der Waals surface area (Å²) in [5.41, 5.74) is 6.12. The van der Waals surface area contributed by atoms with E-state index >= 15 is 0 Å². The van der Waals surface area contributed by atoms with Crippen LogP contribution in [0, 0.1) is 6.92 Å². The first-order valence-corrected chi connectivity index (χ1v) is 4.60. The molecule has 84 valence electrons. The van der Waals surface area contributed by atoms with Crippen molar-refractivity contribution in [2.75, 3.05) is 12.8 Å². The third kappa shape index (κ3) is 1.35. The van der Waals surface area contributed by atoms with Gasteiger partial charge in [-0.25, -0.2) is 4.79 Å². The molecule has 16 heavy (non-hydrogen) atoms. The van der Waals surface area contributed by atoms with Crippen LogP contribution in [0.25, 0.3) is 10.9 Å². The van der Waals surface area contributed by atoms with Crippen molar-refractivity contribution in [1.29, 1.82) is 0 Å². The predicted octanol–water partition coefficient (Wildman–Crippen LogP) is 0.528. The second-order valence-electron chi connectivity index (χ2n) is 3.40. The van der Waals surface area contributed by atoms with Gasteiger partial charge in [-0.2, -0.15) is 4.98 Å². The fourth-order valence-corrected chi connectivity index (χ4v) is 1.67. The second kappa shape index (κ2) is 3.41. The van der Waals surface area contributed by atoms with E-state index in [1.807, 2.05) is 0 Å². The topological polar surface area (TPSA) is 101 Å². The highest BCUT2D eigenvalue weighted by Gasteiger charge is 2.13. The normalized spacial score (nSPS) is 10.6. The maximum Gasteiger partial charge on any atom is 0.347 e. The van der Waals surface area contributed by atoms with E-state index in [2.05, 4.69) is 9.97 Å². The number of aryl methyl sites for hydroxylation is 1. The summed E-state index contributed by atoms with van der Waals surface area (Å²) in [6.07, 6.45) is 0. The molecule has 0 fully saturated rings. The molecular weight excluding hydrogens is 210 g/mol. The number of H-pyrrole nitrogens is 1. The molecule has 0 saturated carbocycles. The van der Waals surface area contributed by atoms with Crippen molar-refractivity contribution >= 4 is 16.7 Å². The standard InChI is InChI=1S/C10H11N3O3/c1-4-7-5(3-6(16-2)8(4)14)12-10(15)13-9(7)11/h3,14H,1-2H3,(H3,11,12,13,15). The van der Waals surface area contributed by atoms with E-state index in [1.165, 1.54) is 13.2 Å². The van der Waals surface area contributed by atoms with Crippen LogP contribution in [0.3, 0.4) is 0 Å². The Balaban J connectivity index is 2.98. The number of aromatic hydroxyl groups is 1. The van der Waals surface area contributed by atoms with Gasteiger partial charge in [-0.05, 0) is 6.92 Å². The van der Waals surface area contributed by atoms with Crippen molar-refractivity contribution in [3.8, 4) is 11.5 Å². The lowest BCUT2D eigenvalue weighted by molar-refractivity contribution is 0.372. The molecule has 0 amide bonds. The first-order valence-electron chi connectivity index (χ1n) is 4.60. The number of ether oxygens (including phenoxy) is 1. The Hall–Kier alpha value is -2.24. The van der Waals surface area contributed by atoms with Crippen molar-refractivity contribution in [1.82, 2.24) is 9.97 Å². The molecule has 4 N–H and O–H groups in total. The SMILES string of the molecule is COc1cc2[nH]c(=O)nc(N)c2c(C)c1O. The van der Waals surface area contributed by atoms with Crippen LogP contribution in [0.15, 0.2) is 10.9 Å². The maximum absolute atomic E-state index is 11.2. The Morgan fingerprint density at radius 2 is 2.25 bits per heavy atom. The van der Waals surface area contributed by atoms with Gasteiger partial charge in [0.2, 0.25) is 0 Å². The van der Waals surface area contributed by atoms with Gasteiger partial charge in [-0.3, -0.25) is 0 Å². The average Bonchev–Trinajstić information content (AvgIpc) is 2.22. The molecule has 0 saturated heterocycles. The zero-order valence-corrected chi connectivity index (χ0v) is 8.87. The van der Waals surface area contributed by atoms with Crippen LogP contribution in [0.5, 0.6) is 11.5 Å². The van der Waals surface area contributed by atoms with E-state index in [9.17, 15) is 9.90 Å². The van der Waals surface area contributed by atoms with Gasteiger partial charge in [0.15, 0.2) is 11.5 Å². The average molecular weight is 221 g/mol. The number of phenols is 1. The highest BCUT2D eigenvalue weighted by atomic mass is 16.5. The van der Waals surface area contributed by atoms with E-state index in [-0.39, 0.29) is 17.3 Å². The zero-order valence-electron chi connectivity index (χ0n) is 8.87. The fraction of sp³-hybridized carbons (Fsp3) is 0.200. The second-order valence-corrected chi connectivity index (χ2v) is 3.40. The number of nitrogen functional groups attached to an aromatic ring is 1. The molecule has 6 nitrogen and oxygen atoms in total. The minimum atomic E-state index is -0.530. The molecule has 0 radical (unpaired) electrons. The number of phenolic OH excluding ortho intramolecular Hbond substituents is 1. The van der Waals surface area contributed by atoms with Gasteiger partial charge in [-0.15, -0.1) is 0 Å². The van der Waals surface area contributed by atoms with Gasteiger partial charge in [0.25, 0.3) is 0 Å². The molecule has 2 rings (SSSR count). The number of aromatic nitrogens is 2. The minimum Gasteiger partial charge on any atom is -0.504 e. The number of hydrogen-bond donors (Lipinski definition) is 3. The van der Waals surface area contributed by atoms with Crippen LogP contribution in [0.2, 0.25) is 0 Å². The first kappa shape index (κ1) is 10.3. The summed E-state index contributed by atoms with van der Waals surface area (Å²) in [7, 11) is 1.43. The largest absolute Gasteiger partial charge is 0.504 e. The summed E-state index contributed by atoms with van der Waals surface area (Å²) in [4.78, 5) is 17.3. The first-order chi connectivity index (χ1) is 7.54. The van der Waals surface area contributed by atoms with Crippen LogP contribution in [-0.4, -0.2) is 22.2 Å². The van der Waals surface area contributed by atoms with Crippen molar-refractivity contribution in [2.24, 2.45) is 0 Å². The zero-order chi connectivity index (χ0) is 11.9. The monoisotopic (exact) mass is 221 g/mol. The van der Waals surface area contributed by atoms with Crippen molar-refractivity contribution in [3.05, 3.63) is 22.1 Å². The molecule has 0 aliphatic heterocycles. The Labute approximate surface area is 90.7 Å². The van der Waals surface area contributed by atoms with E-state index in [4.69, 9.17) is 10.5 Å². The third-order valence-corrected chi connectivity index (χ3v) is 2.45. The van der Waals surface area contributed by atoms with Crippen LogP contribution in [0.4, 0.5) is 5.82 Å². The van der Waals surface area contributed by atoms with Gasteiger partial charge >= 0.3 is 5.69 Å². The number of hydrogen-bond acceptors (Lipinski definition) is 5. The molecule has 1 heterocycles. The Morgan fingerprint density at radius 1 is 1.56 bits per heavy atom. The van der Waals surface area contributed by atoms with Crippen molar-refractivity contribution in [3.63, 3.8) is 0 Å². The number of anilines is 1. The summed E-state index contributed by atoms with van der Waals surface area (Å²) < 4.78 is 4.98. The summed E-state index contributed by atoms with van der Waals surface area (Å²) in [6.45, 7) is 1.68. The van der Waals surface area contributed by atoms with Crippen LogP contribution < -0.4 is 16.2 Å². The Bertz CT molecular complexity index is 619. The van der Waals surface area contributed by atoms with Gasteiger partial charge < -0.3 is 20.6 Å². The molecule has 0 aliphatic rings. The lowest BCUT2D eigenvalue weighted by Gasteiger charge is -2.10. The molecule has 0 unspecified atom stereocenters. The maximum atomic E-state index is 11.2. The molecule has 0 aliphatic carbocycles. The third-order valence-electron chi connectivity index (χ3n) is 2.45. The van der Waals surface area contributed by atoms with E-state index in [0.717, 1.165) is 0 Å². The van der Waals surface area contributed by atoms with Crippen molar-refractivity contribution in [2.45, 2.75) is 6.92 Å². The molecule has 6 heteroatoms. The number of fused-ring (bicyclic) bond motifs is 1. The fourth-order valence-electron chi connectivity index (χ4n) is 1.67. The van der Waals surface area contributed by atoms with Crippen LogP contribution >= 0.6 is 0 Å². The van der Waals surface area contributed by atoms with E-state index in [1.54, 1.807) is 6.92 Å².